The smallest absolute Gasteiger partial charge is 0.108 e. The Morgan fingerprint density at radius 1 is 1.37 bits per heavy atom. The van der Waals surface area contributed by atoms with E-state index < -0.39 is 0 Å². The Hall–Kier alpha value is -0.910. The molecule has 0 aliphatic carbocycles. The molecule has 1 N–H and O–H groups in total. The van der Waals surface area contributed by atoms with Gasteiger partial charge in [-0.25, -0.2) is 4.98 Å². The van der Waals surface area contributed by atoms with Gasteiger partial charge in [-0.05, 0) is 13.8 Å². The molecule has 1 fully saturated rings. The van der Waals surface area contributed by atoms with Crippen LogP contribution in [0.2, 0.25) is 0 Å². The van der Waals surface area contributed by atoms with Crippen molar-refractivity contribution in [2.45, 2.75) is 52.0 Å². The van der Waals surface area contributed by atoms with E-state index in [1.165, 1.54) is 0 Å². The van der Waals surface area contributed by atoms with Crippen LogP contribution in [0.1, 0.15) is 26.6 Å². The lowest BCUT2D eigenvalue weighted by atomic mass is 10.2. The second-order valence-electron chi connectivity index (χ2n) is 5.48. The zero-order valence-electron chi connectivity index (χ0n) is 12.1. The first kappa shape index (κ1) is 14.5. The summed E-state index contributed by atoms with van der Waals surface area (Å²) in [5.41, 5.74) is 0. The van der Waals surface area contributed by atoms with Gasteiger partial charge in [0.15, 0.2) is 0 Å². The summed E-state index contributed by atoms with van der Waals surface area (Å²) in [5.74, 6) is 1.03. The van der Waals surface area contributed by atoms with Gasteiger partial charge in [-0.15, -0.1) is 0 Å². The van der Waals surface area contributed by atoms with E-state index >= 15 is 0 Å². The number of β-amino-alcohol motifs (C(OH)–C–C–N with tert-alkyl or cyclic N) is 1. The molecular formula is C14H25N3O2. The third-order valence-electron chi connectivity index (χ3n) is 3.49. The standard InChI is InChI=1S/C14H25N3O2/c1-4-14-15-5-6-17(14)10-13(18)9-16-7-11(2)19-12(3)8-16/h5-6,11-13,18H,4,7-10H2,1-3H3. The van der Waals surface area contributed by atoms with E-state index in [-0.39, 0.29) is 18.3 Å². The highest BCUT2D eigenvalue weighted by Crippen LogP contribution is 2.11. The van der Waals surface area contributed by atoms with Gasteiger partial charge in [-0.1, -0.05) is 6.92 Å². The lowest BCUT2D eigenvalue weighted by Crippen LogP contribution is -2.48. The predicted molar refractivity (Wildman–Crippen MR) is 74.1 cm³/mol. The second-order valence-corrected chi connectivity index (χ2v) is 5.48. The molecule has 0 bridgehead atoms. The fourth-order valence-corrected chi connectivity index (χ4v) is 2.84. The van der Waals surface area contributed by atoms with Crippen molar-refractivity contribution in [2.24, 2.45) is 0 Å². The van der Waals surface area contributed by atoms with Crippen molar-refractivity contribution in [1.82, 2.24) is 14.5 Å². The third kappa shape index (κ3) is 4.03. The van der Waals surface area contributed by atoms with Gasteiger partial charge in [0.25, 0.3) is 0 Å². The van der Waals surface area contributed by atoms with Crippen LogP contribution in [0.4, 0.5) is 0 Å². The van der Waals surface area contributed by atoms with Crippen LogP contribution in [-0.4, -0.2) is 57.5 Å². The highest BCUT2D eigenvalue weighted by molar-refractivity contribution is 4.92. The molecule has 108 valence electrons. The predicted octanol–water partition coefficient (Wildman–Crippen LogP) is 0.916. The molecule has 1 aromatic rings. The summed E-state index contributed by atoms with van der Waals surface area (Å²) in [6, 6.07) is 0. The van der Waals surface area contributed by atoms with Gasteiger partial charge in [0.1, 0.15) is 5.82 Å². The number of rotatable bonds is 5. The number of imidazole rings is 1. The molecule has 2 heterocycles. The quantitative estimate of drug-likeness (QED) is 0.862. The summed E-state index contributed by atoms with van der Waals surface area (Å²) in [6.07, 6.45) is 4.75. The first-order valence-electron chi connectivity index (χ1n) is 7.14. The van der Waals surface area contributed by atoms with Crippen LogP contribution < -0.4 is 0 Å². The molecular weight excluding hydrogens is 242 g/mol. The summed E-state index contributed by atoms with van der Waals surface area (Å²) in [4.78, 5) is 6.56. The van der Waals surface area contributed by atoms with Crippen molar-refractivity contribution in [1.29, 1.82) is 0 Å². The van der Waals surface area contributed by atoms with Crippen molar-refractivity contribution >= 4 is 0 Å². The lowest BCUT2D eigenvalue weighted by molar-refractivity contribution is -0.0773. The van der Waals surface area contributed by atoms with Crippen molar-refractivity contribution < 1.29 is 9.84 Å². The van der Waals surface area contributed by atoms with E-state index in [2.05, 4.69) is 30.7 Å². The van der Waals surface area contributed by atoms with E-state index in [0.717, 1.165) is 25.3 Å². The number of hydrogen-bond acceptors (Lipinski definition) is 4. The second kappa shape index (κ2) is 6.50. The van der Waals surface area contributed by atoms with Gasteiger partial charge < -0.3 is 14.4 Å². The molecule has 5 heteroatoms. The molecule has 0 radical (unpaired) electrons. The number of aliphatic hydroxyl groups excluding tert-OH is 1. The Bertz CT molecular complexity index is 384. The number of aryl methyl sites for hydroxylation is 1. The molecule has 0 spiro atoms. The molecule has 0 aromatic carbocycles. The van der Waals surface area contributed by atoms with Crippen LogP contribution in [-0.2, 0) is 17.7 Å². The van der Waals surface area contributed by atoms with Crippen LogP contribution in [0, 0.1) is 0 Å². The fraction of sp³-hybridized carbons (Fsp3) is 0.786. The maximum Gasteiger partial charge on any atom is 0.108 e. The largest absolute Gasteiger partial charge is 0.390 e. The van der Waals surface area contributed by atoms with E-state index in [4.69, 9.17) is 4.74 Å². The highest BCUT2D eigenvalue weighted by Gasteiger charge is 2.23. The zero-order chi connectivity index (χ0) is 13.8. The van der Waals surface area contributed by atoms with Crippen molar-refractivity contribution in [3.8, 4) is 0 Å². The summed E-state index contributed by atoms with van der Waals surface area (Å²) < 4.78 is 7.74. The molecule has 0 amide bonds. The van der Waals surface area contributed by atoms with Crippen molar-refractivity contribution in [3.63, 3.8) is 0 Å². The zero-order valence-corrected chi connectivity index (χ0v) is 12.1. The third-order valence-corrected chi connectivity index (χ3v) is 3.49. The van der Waals surface area contributed by atoms with Gasteiger partial charge in [-0.2, -0.15) is 0 Å². The van der Waals surface area contributed by atoms with Gasteiger partial charge in [0.2, 0.25) is 0 Å². The molecule has 2 rings (SSSR count). The Morgan fingerprint density at radius 2 is 2.05 bits per heavy atom. The molecule has 3 unspecified atom stereocenters. The number of hydrogen-bond donors (Lipinski definition) is 1. The lowest BCUT2D eigenvalue weighted by Gasteiger charge is -2.36. The SMILES string of the molecule is CCc1nccn1CC(O)CN1CC(C)OC(C)C1. The first-order valence-corrected chi connectivity index (χ1v) is 7.14. The monoisotopic (exact) mass is 267 g/mol. The minimum Gasteiger partial charge on any atom is -0.390 e. The number of aliphatic hydroxyl groups is 1. The number of morpholine rings is 1. The van der Waals surface area contributed by atoms with E-state index in [0.29, 0.717) is 13.1 Å². The van der Waals surface area contributed by atoms with E-state index in [9.17, 15) is 5.11 Å². The van der Waals surface area contributed by atoms with Gasteiger partial charge in [0.05, 0.1) is 24.9 Å². The molecule has 1 aromatic heterocycles. The topological polar surface area (TPSA) is 50.5 Å². The normalized spacial score (nSPS) is 26.5. The Balaban J connectivity index is 1.85. The van der Waals surface area contributed by atoms with Gasteiger partial charge in [-0.3, -0.25) is 4.90 Å². The van der Waals surface area contributed by atoms with Crippen LogP contribution >= 0.6 is 0 Å². The van der Waals surface area contributed by atoms with Gasteiger partial charge >= 0.3 is 0 Å². The molecule has 1 saturated heterocycles. The average molecular weight is 267 g/mol. The minimum atomic E-state index is -0.364. The van der Waals surface area contributed by atoms with Gasteiger partial charge in [0, 0.05) is 38.4 Å². The number of aromatic nitrogens is 2. The summed E-state index contributed by atoms with van der Waals surface area (Å²) in [7, 11) is 0. The molecule has 19 heavy (non-hydrogen) atoms. The van der Waals surface area contributed by atoms with E-state index in [1.807, 2.05) is 10.8 Å². The van der Waals surface area contributed by atoms with Crippen LogP contribution in [0.3, 0.4) is 0 Å². The Morgan fingerprint density at radius 3 is 2.68 bits per heavy atom. The number of nitrogens with zero attached hydrogens (tertiary/aromatic N) is 3. The molecule has 0 saturated carbocycles. The first-order chi connectivity index (χ1) is 9.08. The Kier molecular flexibility index (Phi) is 4.96. The summed E-state index contributed by atoms with van der Waals surface area (Å²) in [5, 5.41) is 10.2. The summed E-state index contributed by atoms with van der Waals surface area (Å²) in [6.45, 7) is 9.34. The maximum atomic E-state index is 10.2. The minimum absolute atomic E-state index is 0.246. The average Bonchev–Trinajstić information content (AvgIpc) is 2.74. The van der Waals surface area contributed by atoms with Crippen LogP contribution in [0.25, 0.3) is 0 Å². The fourth-order valence-electron chi connectivity index (χ4n) is 2.84. The maximum absolute atomic E-state index is 10.2. The van der Waals surface area contributed by atoms with Crippen molar-refractivity contribution in [3.05, 3.63) is 18.2 Å². The highest BCUT2D eigenvalue weighted by atomic mass is 16.5. The molecule has 5 nitrogen and oxygen atoms in total. The summed E-state index contributed by atoms with van der Waals surface area (Å²) >= 11 is 0. The van der Waals surface area contributed by atoms with Crippen LogP contribution in [0.5, 0.6) is 0 Å². The number of ether oxygens (including phenoxy) is 1. The van der Waals surface area contributed by atoms with E-state index in [1.54, 1.807) is 6.20 Å². The van der Waals surface area contributed by atoms with Crippen LogP contribution in [0.15, 0.2) is 12.4 Å². The molecule has 1 aliphatic rings. The Labute approximate surface area is 115 Å². The molecule has 1 aliphatic heterocycles. The van der Waals surface area contributed by atoms with Crippen molar-refractivity contribution in [2.75, 3.05) is 19.6 Å². The molecule has 3 atom stereocenters.